The molecule has 0 bridgehead atoms. The fourth-order valence-electron chi connectivity index (χ4n) is 3.25. The van der Waals surface area contributed by atoms with Crippen molar-refractivity contribution in [2.24, 2.45) is 0 Å². The van der Waals surface area contributed by atoms with Crippen molar-refractivity contribution in [1.82, 2.24) is 9.88 Å². The van der Waals surface area contributed by atoms with Gasteiger partial charge in [-0.05, 0) is 42.5 Å². The molecule has 0 aliphatic heterocycles. The van der Waals surface area contributed by atoms with Crippen molar-refractivity contribution in [1.29, 1.82) is 0 Å². The van der Waals surface area contributed by atoms with Crippen molar-refractivity contribution in [3.8, 4) is 10.6 Å². The average molecular weight is 395 g/mol. The van der Waals surface area contributed by atoms with Crippen molar-refractivity contribution in [3.05, 3.63) is 76.5 Å². The molecule has 0 atom stereocenters. The van der Waals surface area contributed by atoms with Gasteiger partial charge < -0.3 is 4.90 Å². The molecule has 1 saturated carbocycles. The van der Waals surface area contributed by atoms with Gasteiger partial charge in [-0.3, -0.25) is 4.79 Å². The van der Waals surface area contributed by atoms with Crippen LogP contribution in [0, 0.1) is 5.82 Å². The van der Waals surface area contributed by atoms with Crippen LogP contribution in [-0.2, 0) is 24.2 Å². The molecular formula is C23H23FN2OS. The zero-order valence-electron chi connectivity index (χ0n) is 15.9. The number of halogens is 1. The number of amides is 1. The van der Waals surface area contributed by atoms with Crippen LogP contribution in [0.25, 0.3) is 10.6 Å². The minimum absolute atomic E-state index is 0.0880. The summed E-state index contributed by atoms with van der Waals surface area (Å²) in [5.41, 5.74) is 4.16. The van der Waals surface area contributed by atoms with E-state index in [1.54, 1.807) is 23.5 Å². The third-order valence-corrected chi connectivity index (χ3v) is 6.01. The Kier molecular flexibility index (Phi) is 5.53. The SMILES string of the molecule is CCc1ccc(-c2nc(CC(=O)N(Cc3ccc(F)cc3)C3CC3)cs2)cc1. The Bertz CT molecular complexity index is 945. The lowest BCUT2D eigenvalue weighted by Gasteiger charge is -2.22. The molecule has 1 aliphatic carbocycles. The molecule has 28 heavy (non-hydrogen) atoms. The normalized spacial score (nSPS) is 13.5. The second kappa shape index (κ2) is 8.23. The molecule has 3 nitrogen and oxygen atoms in total. The first-order valence-electron chi connectivity index (χ1n) is 9.70. The van der Waals surface area contributed by atoms with Crippen LogP contribution in [0.15, 0.2) is 53.9 Å². The van der Waals surface area contributed by atoms with Gasteiger partial charge in [0.25, 0.3) is 0 Å². The Balaban J connectivity index is 1.44. The number of aromatic nitrogens is 1. The minimum Gasteiger partial charge on any atom is -0.335 e. The summed E-state index contributed by atoms with van der Waals surface area (Å²) in [7, 11) is 0. The second-order valence-corrected chi connectivity index (χ2v) is 8.11. The first-order valence-corrected chi connectivity index (χ1v) is 10.6. The molecule has 1 aromatic heterocycles. The van der Waals surface area contributed by atoms with E-state index in [-0.39, 0.29) is 11.7 Å². The van der Waals surface area contributed by atoms with Crippen LogP contribution in [0.4, 0.5) is 4.39 Å². The van der Waals surface area contributed by atoms with Crippen molar-refractivity contribution in [3.63, 3.8) is 0 Å². The molecule has 1 aliphatic rings. The molecule has 5 heteroatoms. The largest absolute Gasteiger partial charge is 0.335 e. The van der Waals surface area contributed by atoms with Crippen molar-refractivity contribution < 1.29 is 9.18 Å². The van der Waals surface area contributed by atoms with Gasteiger partial charge in [0.05, 0.1) is 12.1 Å². The highest BCUT2D eigenvalue weighted by atomic mass is 32.1. The van der Waals surface area contributed by atoms with Gasteiger partial charge in [-0.1, -0.05) is 43.3 Å². The number of thiazole rings is 1. The summed E-state index contributed by atoms with van der Waals surface area (Å²) < 4.78 is 13.1. The number of rotatable bonds is 7. The van der Waals surface area contributed by atoms with E-state index in [1.807, 2.05) is 10.3 Å². The van der Waals surface area contributed by atoms with Gasteiger partial charge >= 0.3 is 0 Å². The van der Waals surface area contributed by atoms with Gasteiger partial charge in [0, 0.05) is 23.5 Å². The number of aryl methyl sites for hydroxylation is 1. The molecule has 3 aromatic rings. The maximum absolute atomic E-state index is 13.1. The first kappa shape index (κ1) is 18.8. The summed E-state index contributed by atoms with van der Waals surface area (Å²) in [4.78, 5) is 19.5. The Hall–Kier alpha value is -2.53. The standard InChI is InChI=1S/C23H23FN2OS/c1-2-16-3-7-18(8-4-16)23-25-20(15-28-23)13-22(27)26(21-11-12-21)14-17-5-9-19(24)10-6-17/h3-10,15,21H,2,11-14H2,1H3. The second-order valence-electron chi connectivity index (χ2n) is 7.25. The zero-order valence-corrected chi connectivity index (χ0v) is 16.7. The van der Waals surface area contributed by atoms with E-state index >= 15 is 0 Å². The summed E-state index contributed by atoms with van der Waals surface area (Å²) >= 11 is 1.58. The summed E-state index contributed by atoms with van der Waals surface area (Å²) in [5, 5.41) is 2.92. The van der Waals surface area contributed by atoms with Crippen LogP contribution < -0.4 is 0 Å². The fourth-order valence-corrected chi connectivity index (χ4v) is 4.08. The molecule has 0 N–H and O–H groups in total. The molecule has 144 valence electrons. The third kappa shape index (κ3) is 4.47. The number of nitrogens with zero attached hydrogens (tertiary/aromatic N) is 2. The number of carbonyl (C=O) groups is 1. The van der Waals surface area contributed by atoms with Gasteiger partial charge in [0.1, 0.15) is 10.8 Å². The predicted molar refractivity (Wildman–Crippen MR) is 111 cm³/mol. The van der Waals surface area contributed by atoms with E-state index in [9.17, 15) is 9.18 Å². The van der Waals surface area contributed by atoms with E-state index in [0.29, 0.717) is 19.0 Å². The van der Waals surface area contributed by atoms with Crippen LogP contribution in [0.1, 0.15) is 36.6 Å². The molecule has 1 amide bonds. The maximum Gasteiger partial charge on any atom is 0.229 e. The van der Waals surface area contributed by atoms with Crippen LogP contribution >= 0.6 is 11.3 Å². The third-order valence-electron chi connectivity index (χ3n) is 5.07. The van der Waals surface area contributed by atoms with Crippen LogP contribution in [0.3, 0.4) is 0 Å². The van der Waals surface area contributed by atoms with Crippen molar-refractivity contribution in [2.75, 3.05) is 0 Å². The van der Waals surface area contributed by atoms with Crippen molar-refractivity contribution in [2.45, 2.75) is 45.2 Å². The predicted octanol–water partition coefficient (Wildman–Crippen LogP) is 5.25. The van der Waals surface area contributed by atoms with Gasteiger partial charge in [-0.2, -0.15) is 0 Å². The van der Waals surface area contributed by atoms with E-state index in [4.69, 9.17) is 0 Å². The van der Waals surface area contributed by atoms with E-state index in [2.05, 4.69) is 36.2 Å². The van der Waals surface area contributed by atoms with Gasteiger partial charge in [0.15, 0.2) is 0 Å². The van der Waals surface area contributed by atoms with Crippen LogP contribution in [0.5, 0.6) is 0 Å². The molecule has 0 radical (unpaired) electrons. The molecule has 1 heterocycles. The summed E-state index contributed by atoms with van der Waals surface area (Å²) in [6.07, 6.45) is 3.41. The zero-order chi connectivity index (χ0) is 19.5. The van der Waals surface area contributed by atoms with Crippen molar-refractivity contribution >= 4 is 17.2 Å². The van der Waals surface area contributed by atoms with E-state index < -0.39 is 0 Å². The minimum atomic E-state index is -0.255. The Labute approximate surface area is 168 Å². The lowest BCUT2D eigenvalue weighted by Crippen LogP contribution is -2.33. The maximum atomic E-state index is 13.1. The van der Waals surface area contributed by atoms with E-state index in [0.717, 1.165) is 41.1 Å². The number of hydrogen-bond donors (Lipinski definition) is 0. The highest BCUT2D eigenvalue weighted by Gasteiger charge is 2.32. The summed E-state index contributed by atoms with van der Waals surface area (Å²) in [6, 6.07) is 15.1. The summed E-state index contributed by atoms with van der Waals surface area (Å²) in [5.74, 6) is -0.167. The highest BCUT2D eigenvalue weighted by Crippen LogP contribution is 2.30. The number of benzene rings is 2. The Morgan fingerprint density at radius 2 is 1.79 bits per heavy atom. The fraction of sp³-hybridized carbons (Fsp3) is 0.304. The molecule has 2 aromatic carbocycles. The van der Waals surface area contributed by atoms with Gasteiger partial charge in [-0.25, -0.2) is 9.37 Å². The lowest BCUT2D eigenvalue weighted by molar-refractivity contribution is -0.131. The van der Waals surface area contributed by atoms with Gasteiger partial charge in [0.2, 0.25) is 5.91 Å². The van der Waals surface area contributed by atoms with E-state index in [1.165, 1.54) is 17.7 Å². The first-order chi connectivity index (χ1) is 13.6. The summed E-state index contributed by atoms with van der Waals surface area (Å²) in [6.45, 7) is 2.67. The molecule has 0 saturated heterocycles. The average Bonchev–Trinajstić information content (AvgIpc) is 3.45. The molecule has 4 rings (SSSR count). The quantitative estimate of drug-likeness (QED) is 0.549. The topological polar surface area (TPSA) is 33.2 Å². The number of hydrogen-bond acceptors (Lipinski definition) is 3. The monoisotopic (exact) mass is 394 g/mol. The smallest absolute Gasteiger partial charge is 0.229 e. The Morgan fingerprint density at radius 3 is 2.43 bits per heavy atom. The highest BCUT2D eigenvalue weighted by molar-refractivity contribution is 7.13. The molecule has 1 fully saturated rings. The molecule has 0 unspecified atom stereocenters. The van der Waals surface area contributed by atoms with Gasteiger partial charge in [-0.15, -0.1) is 11.3 Å². The molecular weight excluding hydrogens is 371 g/mol. The molecule has 0 spiro atoms. The lowest BCUT2D eigenvalue weighted by atomic mass is 10.1. The van der Waals surface area contributed by atoms with Crippen LogP contribution in [0.2, 0.25) is 0 Å². The Morgan fingerprint density at radius 1 is 1.11 bits per heavy atom. The van der Waals surface area contributed by atoms with Crippen LogP contribution in [-0.4, -0.2) is 21.8 Å². The number of carbonyl (C=O) groups excluding carboxylic acids is 1.